The molecule has 5 rings (SSSR count). The molecule has 1 aliphatic heterocycles. The summed E-state index contributed by atoms with van der Waals surface area (Å²) in [4.78, 5) is 47.5. The highest BCUT2D eigenvalue weighted by molar-refractivity contribution is 7.13. The second-order valence-electron chi connectivity index (χ2n) is 6.46. The Morgan fingerprint density at radius 2 is 1.71 bits per heavy atom. The summed E-state index contributed by atoms with van der Waals surface area (Å²) in [6, 6.07) is 15.3. The summed E-state index contributed by atoms with van der Waals surface area (Å²) in [7, 11) is 0. The third-order valence-electron chi connectivity index (χ3n) is 4.52. The van der Waals surface area contributed by atoms with Crippen LogP contribution in [0.4, 0.5) is 4.39 Å². The first-order valence-electron chi connectivity index (χ1n) is 9.00. The molecule has 0 saturated heterocycles. The van der Waals surface area contributed by atoms with Crippen LogP contribution in [0, 0.1) is 5.82 Å². The van der Waals surface area contributed by atoms with Crippen LogP contribution in [0.3, 0.4) is 0 Å². The maximum absolute atomic E-state index is 13.7. The van der Waals surface area contributed by atoms with Crippen LogP contribution in [0.25, 0.3) is 16.4 Å². The van der Waals surface area contributed by atoms with Crippen molar-refractivity contribution in [2.24, 2.45) is 0 Å². The van der Waals surface area contributed by atoms with E-state index in [2.05, 4.69) is 10.1 Å². The van der Waals surface area contributed by atoms with Crippen LogP contribution in [0.1, 0.15) is 31.3 Å². The second-order valence-corrected chi connectivity index (χ2v) is 7.40. The predicted octanol–water partition coefficient (Wildman–Crippen LogP) is 3.50. The van der Waals surface area contributed by atoms with Gasteiger partial charge in [0.2, 0.25) is 0 Å². The van der Waals surface area contributed by atoms with E-state index in [1.807, 2.05) is 5.38 Å². The van der Waals surface area contributed by atoms with Crippen LogP contribution in [0.15, 0.2) is 66.0 Å². The standard InChI is InChI=1S/C21H11FN4O4S/c22-12-5-3-6-13(11-12)25-18(16-9-4-10-31-16)23-17(24-25)21(29)30-26-19(27)14-7-1-2-8-15(14)20(26)28/h1-11H. The second kappa shape index (κ2) is 7.26. The molecule has 2 amide bonds. The number of thiophene rings is 1. The average molecular weight is 434 g/mol. The largest absolute Gasteiger partial charge is 0.403 e. The van der Waals surface area contributed by atoms with Crippen molar-refractivity contribution >= 4 is 29.1 Å². The van der Waals surface area contributed by atoms with Crippen LogP contribution in [-0.2, 0) is 4.84 Å². The number of carbonyl (C=O) groups excluding carboxylic acids is 3. The highest BCUT2D eigenvalue weighted by Crippen LogP contribution is 2.27. The minimum Gasteiger partial charge on any atom is -0.321 e. The molecule has 10 heteroatoms. The molecule has 4 aromatic rings. The molecule has 2 aromatic carbocycles. The number of aromatic nitrogens is 3. The molecule has 0 N–H and O–H groups in total. The molecule has 3 heterocycles. The average Bonchev–Trinajstić information content (AvgIpc) is 3.50. The molecule has 0 fully saturated rings. The highest BCUT2D eigenvalue weighted by atomic mass is 32.1. The van der Waals surface area contributed by atoms with Gasteiger partial charge in [0.25, 0.3) is 17.6 Å². The number of nitrogens with zero attached hydrogens (tertiary/aromatic N) is 4. The Morgan fingerprint density at radius 3 is 2.35 bits per heavy atom. The molecule has 31 heavy (non-hydrogen) atoms. The number of rotatable bonds is 4. The van der Waals surface area contributed by atoms with Gasteiger partial charge in [0.1, 0.15) is 5.82 Å². The van der Waals surface area contributed by atoms with Crippen LogP contribution in [0.2, 0.25) is 0 Å². The van der Waals surface area contributed by atoms with E-state index < -0.39 is 23.6 Å². The Hall–Kier alpha value is -4.18. The number of hydrogen-bond donors (Lipinski definition) is 0. The molecule has 0 bridgehead atoms. The lowest BCUT2D eigenvalue weighted by atomic mass is 10.1. The number of benzene rings is 2. The van der Waals surface area contributed by atoms with E-state index in [1.54, 1.807) is 30.3 Å². The SMILES string of the molecule is O=C(ON1C(=O)c2ccccc2C1=O)c1nc(-c2cccs2)n(-c2cccc(F)c2)n1. The highest BCUT2D eigenvalue weighted by Gasteiger charge is 2.39. The van der Waals surface area contributed by atoms with Crippen LogP contribution in [-0.4, -0.2) is 37.6 Å². The number of halogens is 1. The maximum atomic E-state index is 13.7. The Kier molecular flexibility index (Phi) is 4.41. The van der Waals surface area contributed by atoms with Gasteiger partial charge in [-0.2, -0.15) is 4.98 Å². The fourth-order valence-electron chi connectivity index (χ4n) is 3.13. The first kappa shape index (κ1) is 18.8. The molecule has 0 saturated carbocycles. The Bertz CT molecular complexity index is 1310. The first-order valence-corrected chi connectivity index (χ1v) is 9.88. The minimum atomic E-state index is -1.09. The molecular formula is C21H11FN4O4S. The molecule has 1 aliphatic rings. The third kappa shape index (κ3) is 3.19. The summed E-state index contributed by atoms with van der Waals surface area (Å²) in [5.74, 6) is -3.18. The molecule has 0 atom stereocenters. The quantitative estimate of drug-likeness (QED) is 0.457. The summed E-state index contributed by atoms with van der Waals surface area (Å²) in [5, 5.41) is 6.35. The number of hydroxylamine groups is 2. The van der Waals surface area contributed by atoms with E-state index >= 15 is 0 Å². The van der Waals surface area contributed by atoms with Crippen molar-refractivity contribution in [3.05, 3.63) is 88.8 Å². The zero-order valence-corrected chi connectivity index (χ0v) is 16.4. The fourth-order valence-corrected chi connectivity index (χ4v) is 3.82. The molecule has 8 nitrogen and oxygen atoms in total. The molecule has 0 radical (unpaired) electrons. The molecule has 152 valence electrons. The van der Waals surface area contributed by atoms with E-state index in [0.717, 1.165) is 0 Å². The van der Waals surface area contributed by atoms with Crippen molar-refractivity contribution in [1.82, 2.24) is 19.8 Å². The number of fused-ring (bicyclic) bond motifs is 1. The van der Waals surface area contributed by atoms with E-state index in [-0.39, 0.29) is 22.8 Å². The smallest absolute Gasteiger partial charge is 0.321 e. The zero-order chi connectivity index (χ0) is 21.5. The summed E-state index contributed by atoms with van der Waals surface area (Å²) in [6.07, 6.45) is 0. The summed E-state index contributed by atoms with van der Waals surface area (Å²) >= 11 is 1.35. The lowest BCUT2D eigenvalue weighted by Gasteiger charge is -2.10. The normalized spacial score (nSPS) is 12.9. The van der Waals surface area contributed by atoms with Gasteiger partial charge in [-0.3, -0.25) is 9.59 Å². The van der Waals surface area contributed by atoms with Gasteiger partial charge in [-0.05, 0) is 41.8 Å². The van der Waals surface area contributed by atoms with E-state index in [0.29, 0.717) is 15.6 Å². The van der Waals surface area contributed by atoms with Crippen molar-refractivity contribution < 1.29 is 23.6 Å². The van der Waals surface area contributed by atoms with E-state index in [1.165, 1.54) is 46.4 Å². The van der Waals surface area contributed by atoms with E-state index in [4.69, 9.17) is 4.84 Å². The van der Waals surface area contributed by atoms with Crippen molar-refractivity contribution in [2.75, 3.05) is 0 Å². The summed E-state index contributed by atoms with van der Waals surface area (Å²) in [6.45, 7) is 0. The van der Waals surface area contributed by atoms with Gasteiger partial charge in [0.15, 0.2) is 5.82 Å². The van der Waals surface area contributed by atoms with Gasteiger partial charge < -0.3 is 4.84 Å². The summed E-state index contributed by atoms with van der Waals surface area (Å²) < 4.78 is 15.0. The Labute approximate surface area is 178 Å². The number of imide groups is 1. The molecular weight excluding hydrogens is 423 g/mol. The number of hydrogen-bond acceptors (Lipinski definition) is 7. The molecule has 2 aromatic heterocycles. The predicted molar refractivity (Wildman–Crippen MR) is 107 cm³/mol. The van der Waals surface area contributed by atoms with Gasteiger partial charge in [-0.1, -0.05) is 29.3 Å². The van der Waals surface area contributed by atoms with Crippen LogP contribution >= 0.6 is 11.3 Å². The van der Waals surface area contributed by atoms with Crippen LogP contribution < -0.4 is 0 Å². The maximum Gasteiger partial charge on any atom is 0.403 e. The zero-order valence-electron chi connectivity index (χ0n) is 15.6. The lowest BCUT2D eigenvalue weighted by molar-refractivity contribution is -0.0592. The van der Waals surface area contributed by atoms with Crippen LogP contribution in [0.5, 0.6) is 0 Å². The van der Waals surface area contributed by atoms with Gasteiger partial charge in [-0.25, -0.2) is 13.9 Å². The van der Waals surface area contributed by atoms with Gasteiger partial charge in [0, 0.05) is 0 Å². The Balaban J connectivity index is 1.50. The molecule has 0 spiro atoms. The number of carbonyl (C=O) groups is 3. The van der Waals surface area contributed by atoms with Crippen molar-refractivity contribution in [3.63, 3.8) is 0 Å². The summed E-state index contributed by atoms with van der Waals surface area (Å²) in [5.41, 5.74) is 0.617. The van der Waals surface area contributed by atoms with Gasteiger partial charge in [-0.15, -0.1) is 16.4 Å². The van der Waals surface area contributed by atoms with Crippen molar-refractivity contribution in [2.45, 2.75) is 0 Å². The minimum absolute atomic E-state index is 0.137. The monoisotopic (exact) mass is 434 g/mol. The topological polar surface area (TPSA) is 94.4 Å². The lowest BCUT2D eigenvalue weighted by Crippen LogP contribution is -2.33. The van der Waals surface area contributed by atoms with Crippen molar-refractivity contribution in [1.29, 1.82) is 0 Å². The molecule has 0 aliphatic carbocycles. The Morgan fingerprint density at radius 1 is 0.968 bits per heavy atom. The third-order valence-corrected chi connectivity index (χ3v) is 5.38. The first-order chi connectivity index (χ1) is 15.0. The van der Waals surface area contributed by atoms with Gasteiger partial charge >= 0.3 is 5.97 Å². The fraction of sp³-hybridized carbons (Fsp3) is 0. The molecule has 0 unspecified atom stereocenters. The van der Waals surface area contributed by atoms with Gasteiger partial charge in [0.05, 0.1) is 21.7 Å². The van der Waals surface area contributed by atoms with E-state index in [9.17, 15) is 18.8 Å². The van der Waals surface area contributed by atoms with Crippen molar-refractivity contribution in [3.8, 4) is 16.4 Å². The number of amides is 2.